The molecule has 0 aliphatic carbocycles. The molecule has 0 aromatic heterocycles. The zero-order chi connectivity index (χ0) is 27.8. The van der Waals surface area contributed by atoms with Crippen LogP contribution in [0.3, 0.4) is 0 Å². The third-order valence-corrected chi connectivity index (χ3v) is 7.84. The molecule has 0 heterocycles. The van der Waals surface area contributed by atoms with Gasteiger partial charge in [0.25, 0.3) is 0 Å². The van der Waals surface area contributed by atoms with E-state index in [9.17, 15) is 0 Å². The molecular weight excluding hydrogens is 468 g/mol. The first-order valence-electron chi connectivity index (χ1n) is 13.9. The summed E-state index contributed by atoms with van der Waals surface area (Å²) in [4.78, 5) is 0. The average molecular weight is 517 g/mol. The Morgan fingerprint density at radius 3 is 0.892 bits per heavy atom. The maximum Gasteiger partial charge on any atom is 0.469 e. The van der Waals surface area contributed by atoms with Gasteiger partial charge in [0.05, 0.1) is 0 Å². The van der Waals surface area contributed by atoms with Crippen molar-refractivity contribution in [2.45, 2.75) is 67.5 Å². The average Bonchev–Trinajstić information content (AvgIpc) is 2.99. The minimum absolute atomic E-state index is 0.756. The van der Waals surface area contributed by atoms with Crippen LogP contribution in [-0.2, 0) is 12.1 Å². The van der Waals surface area contributed by atoms with Crippen molar-refractivity contribution in [3.8, 4) is 11.5 Å². The van der Waals surface area contributed by atoms with Crippen molar-refractivity contribution < 1.29 is 8.85 Å². The van der Waals surface area contributed by atoms with Crippen LogP contribution in [0.15, 0.2) is 121 Å². The summed E-state index contributed by atoms with van der Waals surface area (Å²) in [5, 5.41) is 0. The number of hydrogen-bond acceptors (Lipinski definition) is 2. The number of hydrogen-bond donors (Lipinski definition) is 0. The molecule has 0 saturated heterocycles. The van der Waals surface area contributed by atoms with E-state index >= 15 is 0 Å². The van der Waals surface area contributed by atoms with Crippen LogP contribution >= 0.6 is 0 Å². The Hall–Kier alpha value is -3.30. The first kappa shape index (κ1) is 33.7. The molecule has 4 aromatic rings. The van der Waals surface area contributed by atoms with Crippen molar-refractivity contribution in [2.75, 3.05) is 0 Å². The van der Waals surface area contributed by atoms with E-state index in [-0.39, 0.29) is 0 Å². The largest absolute Gasteiger partial charge is 0.512 e. The third kappa shape index (κ3) is 13.0. The highest BCUT2D eigenvalue weighted by Gasteiger charge is 2.43. The highest BCUT2D eigenvalue weighted by atomic mass is 28.4. The predicted molar refractivity (Wildman–Crippen MR) is 166 cm³/mol. The molecule has 0 unspecified atom stereocenters. The summed E-state index contributed by atoms with van der Waals surface area (Å²) in [6.45, 7) is 16.0. The van der Waals surface area contributed by atoms with Gasteiger partial charge in [0, 0.05) is 12.1 Å². The van der Waals surface area contributed by atoms with Crippen LogP contribution in [0, 0.1) is 0 Å². The van der Waals surface area contributed by atoms with Gasteiger partial charge in [0.2, 0.25) is 0 Å². The van der Waals surface area contributed by atoms with Crippen LogP contribution in [0.25, 0.3) is 0 Å². The van der Waals surface area contributed by atoms with Crippen molar-refractivity contribution in [2.24, 2.45) is 0 Å². The summed E-state index contributed by atoms with van der Waals surface area (Å²) in [7, 11) is -2.76. The Balaban J connectivity index is 0.00000148. The maximum atomic E-state index is 6.73. The van der Waals surface area contributed by atoms with E-state index in [1.807, 2.05) is 128 Å². The second-order valence-corrected chi connectivity index (χ2v) is 10.0. The van der Waals surface area contributed by atoms with Crippen LogP contribution in [0.1, 0.15) is 66.5 Å². The molecule has 0 spiro atoms. The molecule has 3 heteroatoms. The molecule has 0 aliphatic rings. The lowest BCUT2D eigenvalue weighted by Gasteiger charge is -2.32. The minimum Gasteiger partial charge on any atom is -0.512 e. The molecule has 37 heavy (non-hydrogen) atoms. The summed E-state index contributed by atoms with van der Waals surface area (Å²) >= 11 is 0. The molecule has 0 N–H and O–H groups in total. The summed E-state index contributed by atoms with van der Waals surface area (Å²) in [5.74, 6) is 1.70. The van der Waals surface area contributed by atoms with Gasteiger partial charge in [0.1, 0.15) is 11.5 Å². The van der Waals surface area contributed by atoms with Crippen LogP contribution in [0.5, 0.6) is 11.5 Å². The lowest BCUT2D eigenvalue weighted by atomic mass is 10.2. The van der Waals surface area contributed by atoms with Gasteiger partial charge in [-0.15, -0.1) is 0 Å². The summed E-state index contributed by atoms with van der Waals surface area (Å²) < 4.78 is 13.5. The Morgan fingerprint density at radius 2 is 0.622 bits per heavy atom. The molecular formula is C34H48O2Si. The van der Waals surface area contributed by atoms with Crippen LogP contribution in [-0.4, -0.2) is 8.56 Å². The molecule has 0 saturated carbocycles. The molecule has 0 aliphatic heterocycles. The first-order chi connectivity index (χ1) is 18.3. The quantitative estimate of drug-likeness (QED) is 0.217. The van der Waals surface area contributed by atoms with Gasteiger partial charge in [0.15, 0.2) is 0 Å². The van der Waals surface area contributed by atoms with Gasteiger partial charge in [-0.05, 0) is 35.4 Å². The van der Waals surface area contributed by atoms with Gasteiger partial charge in [-0.25, -0.2) is 0 Å². The van der Waals surface area contributed by atoms with E-state index in [2.05, 4.69) is 48.5 Å². The van der Waals surface area contributed by atoms with Gasteiger partial charge in [-0.2, -0.15) is 0 Å². The van der Waals surface area contributed by atoms with Gasteiger partial charge in [-0.1, -0.05) is 152 Å². The van der Waals surface area contributed by atoms with Crippen LogP contribution in [0.4, 0.5) is 0 Å². The van der Waals surface area contributed by atoms with Crippen molar-refractivity contribution >= 4 is 8.56 Å². The van der Waals surface area contributed by atoms with E-state index in [4.69, 9.17) is 8.85 Å². The lowest BCUT2D eigenvalue weighted by Crippen LogP contribution is -2.54. The molecule has 0 atom stereocenters. The zero-order valence-corrected chi connectivity index (χ0v) is 25.3. The third-order valence-electron chi connectivity index (χ3n) is 4.73. The normalized spacial score (nSPS) is 9.30. The van der Waals surface area contributed by atoms with E-state index in [1.54, 1.807) is 0 Å². The molecule has 0 fully saturated rings. The fraction of sp³-hybridized carbons (Fsp3) is 0.294. The number of para-hydroxylation sites is 2. The molecule has 200 valence electrons. The lowest BCUT2D eigenvalue weighted by molar-refractivity contribution is 0.376. The summed E-state index contributed by atoms with van der Waals surface area (Å²) in [6, 6.07) is 42.5. The molecule has 4 rings (SSSR count). The summed E-state index contributed by atoms with van der Waals surface area (Å²) in [5.41, 5.74) is 2.45. The molecule has 4 aromatic carbocycles. The Bertz CT molecular complexity index is 819. The van der Waals surface area contributed by atoms with E-state index in [0.717, 1.165) is 23.6 Å². The highest BCUT2D eigenvalue weighted by Crippen LogP contribution is 2.26. The van der Waals surface area contributed by atoms with E-state index < -0.39 is 8.56 Å². The first-order valence-corrected chi connectivity index (χ1v) is 16.1. The van der Waals surface area contributed by atoms with Crippen LogP contribution in [0.2, 0.25) is 0 Å². The number of benzene rings is 4. The second-order valence-electron chi connectivity index (χ2n) is 7.07. The van der Waals surface area contributed by atoms with Gasteiger partial charge in [-0.3, -0.25) is 0 Å². The molecule has 0 radical (unpaired) electrons. The monoisotopic (exact) mass is 516 g/mol. The van der Waals surface area contributed by atoms with Crippen molar-refractivity contribution in [3.63, 3.8) is 0 Å². The van der Waals surface area contributed by atoms with E-state index in [0.29, 0.717) is 0 Å². The maximum absolute atomic E-state index is 6.73. The fourth-order valence-electron chi connectivity index (χ4n) is 3.45. The van der Waals surface area contributed by atoms with Crippen molar-refractivity contribution in [3.05, 3.63) is 132 Å². The fourth-order valence-corrected chi connectivity index (χ4v) is 6.75. The second kappa shape index (κ2) is 21.9. The zero-order valence-electron chi connectivity index (χ0n) is 24.3. The minimum atomic E-state index is -2.76. The Labute approximate surface area is 228 Å². The molecule has 0 bridgehead atoms. The SMILES string of the molecule is CC.CC.CC.CC.c1ccc(C[Si](Cc2ccccc2)(Oc2ccccc2)Oc2ccccc2)cc1. The van der Waals surface area contributed by atoms with Crippen molar-refractivity contribution in [1.29, 1.82) is 0 Å². The Kier molecular flexibility index (Phi) is 20.0. The molecule has 2 nitrogen and oxygen atoms in total. The smallest absolute Gasteiger partial charge is 0.469 e. The van der Waals surface area contributed by atoms with E-state index in [1.165, 1.54) is 11.1 Å². The number of rotatable bonds is 8. The van der Waals surface area contributed by atoms with Gasteiger partial charge < -0.3 is 8.85 Å². The standard InChI is InChI=1S/C26H24O2Si.4C2H6/c1-5-13-23(14-6-1)21-29(22-24-15-7-2-8-16-24,27-25-17-9-3-10-18-25)28-26-19-11-4-12-20-26;4*1-2/h1-20H,21-22H2;4*1-2H3. The van der Waals surface area contributed by atoms with Crippen molar-refractivity contribution in [1.82, 2.24) is 0 Å². The summed E-state index contributed by atoms with van der Waals surface area (Å²) in [6.07, 6.45) is 0. The molecule has 0 amide bonds. The topological polar surface area (TPSA) is 18.5 Å². The van der Waals surface area contributed by atoms with Gasteiger partial charge >= 0.3 is 8.56 Å². The Morgan fingerprint density at radius 1 is 0.378 bits per heavy atom. The van der Waals surface area contributed by atoms with Crippen LogP contribution < -0.4 is 8.85 Å². The predicted octanol–water partition coefficient (Wildman–Crippen LogP) is 10.3. The highest BCUT2D eigenvalue weighted by molar-refractivity contribution is 6.67.